The van der Waals surface area contributed by atoms with Gasteiger partial charge in [0.05, 0.1) is 22.3 Å². The summed E-state index contributed by atoms with van der Waals surface area (Å²) in [5.41, 5.74) is 4.88. The van der Waals surface area contributed by atoms with Crippen molar-refractivity contribution in [2.75, 3.05) is 9.62 Å². The molecule has 3 aromatic carbocycles. The van der Waals surface area contributed by atoms with Gasteiger partial charge in [0, 0.05) is 6.04 Å². The SMILES string of the molecule is Cc1ccc(S(=O)(=O)Nc2cc(C)ccc2N(C2CCCCC2)C(C)c2ccccc2)cc1. The van der Waals surface area contributed by atoms with Crippen LogP contribution in [0.1, 0.15) is 61.8 Å². The summed E-state index contributed by atoms with van der Waals surface area (Å²) in [6.45, 7) is 6.18. The zero-order valence-corrected chi connectivity index (χ0v) is 20.6. The molecule has 0 amide bonds. The van der Waals surface area contributed by atoms with E-state index in [9.17, 15) is 8.42 Å². The third-order valence-corrected chi connectivity index (χ3v) is 8.05. The van der Waals surface area contributed by atoms with Gasteiger partial charge in [-0.05, 0) is 69.0 Å². The molecule has 4 rings (SSSR count). The second-order valence-electron chi connectivity index (χ2n) is 9.22. The van der Waals surface area contributed by atoms with Crippen LogP contribution in [0.15, 0.2) is 77.7 Å². The zero-order chi connectivity index (χ0) is 23.4. The van der Waals surface area contributed by atoms with Gasteiger partial charge in [-0.25, -0.2) is 8.42 Å². The number of anilines is 2. The van der Waals surface area contributed by atoms with Crippen LogP contribution in [-0.4, -0.2) is 14.5 Å². The van der Waals surface area contributed by atoms with E-state index in [0.717, 1.165) is 29.7 Å². The highest BCUT2D eigenvalue weighted by Crippen LogP contribution is 2.39. The van der Waals surface area contributed by atoms with E-state index in [2.05, 4.69) is 52.9 Å². The Hall–Kier alpha value is -2.79. The third-order valence-electron chi connectivity index (χ3n) is 6.67. The first-order valence-electron chi connectivity index (χ1n) is 11.9. The highest BCUT2D eigenvalue weighted by Gasteiger charge is 2.29. The van der Waals surface area contributed by atoms with E-state index in [1.807, 2.05) is 38.1 Å². The van der Waals surface area contributed by atoms with E-state index in [-0.39, 0.29) is 10.9 Å². The molecule has 1 atom stereocenters. The Labute approximate surface area is 198 Å². The van der Waals surface area contributed by atoms with Gasteiger partial charge in [0.15, 0.2) is 0 Å². The summed E-state index contributed by atoms with van der Waals surface area (Å²) in [6, 6.07) is 24.1. The predicted molar refractivity (Wildman–Crippen MR) is 137 cm³/mol. The van der Waals surface area contributed by atoms with Crippen LogP contribution in [0.2, 0.25) is 0 Å². The lowest BCUT2D eigenvalue weighted by atomic mass is 9.91. The monoisotopic (exact) mass is 462 g/mol. The zero-order valence-electron chi connectivity index (χ0n) is 19.8. The summed E-state index contributed by atoms with van der Waals surface area (Å²) in [5.74, 6) is 0. The van der Waals surface area contributed by atoms with Crippen LogP contribution >= 0.6 is 0 Å². The number of nitrogens with zero attached hydrogens (tertiary/aromatic N) is 1. The molecule has 1 N–H and O–H groups in total. The number of rotatable bonds is 7. The molecule has 0 aromatic heterocycles. The number of benzene rings is 3. The molecule has 4 nitrogen and oxygen atoms in total. The summed E-state index contributed by atoms with van der Waals surface area (Å²) in [5, 5.41) is 0. The van der Waals surface area contributed by atoms with Crippen molar-refractivity contribution in [2.24, 2.45) is 0 Å². The number of hydrogen-bond acceptors (Lipinski definition) is 3. The molecular formula is C28H34N2O2S. The standard InChI is InChI=1S/C28H34N2O2S/c1-21-14-17-26(18-15-21)33(31,32)29-27-20-22(2)16-19-28(27)30(25-12-8-5-9-13-25)23(3)24-10-6-4-7-11-24/h4,6-7,10-11,14-20,23,25,29H,5,8-9,12-13H2,1-3H3. The minimum Gasteiger partial charge on any atom is -0.360 e. The molecular weight excluding hydrogens is 428 g/mol. The molecule has 0 heterocycles. The molecule has 5 heteroatoms. The van der Waals surface area contributed by atoms with E-state index in [1.54, 1.807) is 12.1 Å². The molecule has 3 aromatic rings. The lowest BCUT2D eigenvalue weighted by Gasteiger charge is -2.41. The van der Waals surface area contributed by atoms with Crippen LogP contribution < -0.4 is 9.62 Å². The van der Waals surface area contributed by atoms with Crippen LogP contribution in [0.5, 0.6) is 0 Å². The molecule has 0 spiro atoms. The smallest absolute Gasteiger partial charge is 0.261 e. The van der Waals surface area contributed by atoms with Crippen molar-refractivity contribution in [1.82, 2.24) is 0 Å². The van der Waals surface area contributed by atoms with E-state index in [4.69, 9.17) is 0 Å². The fourth-order valence-corrected chi connectivity index (χ4v) is 5.92. The molecule has 1 saturated carbocycles. The molecule has 174 valence electrons. The number of hydrogen-bond donors (Lipinski definition) is 1. The second kappa shape index (κ2) is 10.0. The van der Waals surface area contributed by atoms with Gasteiger partial charge in [-0.3, -0.25) is 4.72 Å². The van der Waals surface area contributed by atoms with Crippen molar-refractivity contribution in [3.05, 3.63) is 89.5 Å². The van der Waals surface area contributed by atoms with Gasteiger partial charge in [-0.15, -0.1) is 0 Å². The highest BCUT2D eigenvalue weighted by molar-refractivity contribution is 7.92. The van der Waals surface area contributed by atoms with Gasteiger partial charge < -0.3 is 4.90 Å². The highest BCUT2D eigenvalue weighted by atomic mass is 32.2. The molecule has 0 bridgehead atoms. The molecule has 1 unspecified atom stereocenters. The van der Waals surface area contributed by atoms with E-state index in [0.29, 0.717) is 11.7 Å². The van der Waals surface area contributed by atoms with Crippen molar-refractivity contribution >= 4 is 21.4 Å². The Kier molecular flexibility index (Phi) is 7.08. The van der Waals surface area contributed by atoms with E-state index >= 15 is 0 Å². The first-order chi connectivity index (χ1) is 15.8. The molecule has 0 saturated heterocycles. The average Bonchev–Trinajstić information content (AvgIpc) is 2.82. The van der Waals surface area contributed by atoms with Crippen LogP contribution in [0, 0.1) is 13.8 Å². The van der Waals surface area contributed by atoms with Gasteiger partial charge in [0.25, 0.3) is 10.0 Å². The molecule has 1 aliphatic carbocycles. The molecule has 0 radical (unpaired) electrons. The van der Waals surface area contributed by atoms with Gasteiger partial charge >= 0.3 is 0 Å². The van der Waals surface area contributed by atoms with Crippen molar-refractivity contribution in [3.63, 3.8) is 0 Å². The topological polar surface area (TPSA) is 49.4 Å². The minimum atomic E-state index is -3.70. The molecule has 0 aliphatic heterocycles. The maximum atomic E-state index is 13.3. The van der Waals surface area contributed by atoms with E-state index < -0.39 is 10.0 Å². The molecule has 1 aliphatic rings. The Balaban J connectivity index is 1.77. The van der Waals surface area contributed by atoms with Crippen molar-refractivity contribution < 1.29 is 8.42 Å². The fourth-order valence-electron chi connectivity index (χ4n) is 4.85. The maximum absolute atomic E-state index is 13.3. The normalized spacial score (nSPS) is 15.7. The second-order valence-corrected chi connectivity index (χ2v) is 10.9. The Bertz CT molecular complexity index is 1170. The van der Waals surface area contributed by atoms with Crippen LogP contribution in [0.25, 0.3) is 0 Å². The lowest BCUT2D eigenvalue weighted by molar-refractivity contribution is 0.395. The number of aryl methyl sites for hydroxylation is 2. The summed E-state index contributed by atoms with van der Waals surface area (Å²) in [6.07, 6.45) is 5.92. The van der Waals surface area contributed by atoms with Crippen molar-refractivity contribution in [1.29, 1.82) is 0 Å². The summed E-state index contributed by atoms with van der Waals surface area (Å²) in [7, 11) is -3.70. The van der Waals surface area contributed by atoms with Crippen LogP contribution in [0.3, 0.4) is 0 Å². The van der Waals surface area contributed by atoms with Crippen molar-refractivity contribution in [3.8, 4) is 0 Å². The minimum absolute atomic E-state index is 0.125. The van der Waals surface area contributed by atoms with Crippen LogP contribution in [-0.2, 0) is 10.0 Å². The number of nitrogens with one attached hydrogen (secondary N) is 1. The molecule has 1 fully saturated rings. The first-order valence-corrected chi connectivity index (χ1v) is 13.4. The van der Waals surface area contributed by atoms with Gasteiger partial charge in [-0.2, -0.15) is 0 Å². The van der Waals surface area contributed by atoms with Crippen molar-refractivity contribution in [2.45, 2.75) is 69.9 Å². The third kappa shape index (κ3) is 5.41. The van der Waals surface area contributed by atoms with Gasteiger partial charge in [0.2, 0.25) is 0 Å². The largest absolute Gasteiger partial charge is 0.360 e. The van der Waals surface area contributed by atoms with Gasteiger partial charge in [-0.1, -0.05) is 73.4 Å². The van der Waals surface area contributed by atoms with Gasteiger partial charge in [0.1, 0.15) is 0 Å². The fraction of sp³-hybridized carbons (Fsp3) is 0.357. The Morgan fingerprint density at radius 3 is 2.15 bits per heavy atom. The average molecular weight is 463 g/mol. The summed E-state index contributed by atoms with van der Waals surface area (Å²) < 4.78 is 29.5. The quantitative estimate of drug-likeness (QED) is 0.411. The molecule has 33 heavy (non-hydrogen) atoms. The number of sulfonamides is 1. The summed E-state index contributed by atoms with van der Waals surface area (Å²) >= 11 is 0. The Morgan fingerprint density at radius 1 is 0.848 bits per heavy atom. The first kappa shape index (κ1) is 23.4. The lowest BCUT2D eigenvalue weighted by Crippen LogP contribution is -2.39. The predicted octanol–water partition coefficient (Wildman–Crippen LogP) is 7.00. The maximum Gasteiger partial charge on any atom is 0.261 e. The summed E-state index contributed by atoms with van der Waals surface area (Å²) in [4.78, 5) is 2.72. The van der Waals surface area contributed by atoms with E-state index in [1.165, 1.54) is 24.8 Å². The Morgan fingerprint density at radius 2 is 1.48 bits per heavy atom. The van der Waals surface area contributed by atoms with Crippen LogP contribution in [0.4, 0.5) is 11.4 Å².